The number of allylic oxidation sites excluding steroid dienone is 1. The maximum absolute atomic E-state index is 13.0. The number of β-lactam (4-membered cyclic amide) rings is 1. The average Bonchev–Trinajstić information content (AvgIpc) is 3.50. The first-order valence-electron chi connectivity index (χ1n) is 11.1. The third kappa shape index (κ3) is 5.02. The van der Waals surface area contributed by atoms with Gasteiger partial charge in [0.05, 0.1) is 6.04 Å². The van der Waals surface area contributed by atoms with Gasteiger partial charge in [0.2, 0.25) is 0 Å². The number of nitrogens with zero attached hydrogens (tertiary/aromatic N) is 4. The number of carbonyl (C=O) groups is 3. The van der Waals surface area contributed by atoms with Crippen LogP contribution in [0, 0.1) is 0 Å². The van der Waals surface area contributed by atoms with Crippen molar-refractivity contribution in [3.05, 3.63) is 42.5 Å². The van der Waals surface area contributed by atoms with Gasteiger partial charge in [-0.3, -0.25) is 29.3 Å². The quantitative estimate of drug-likeness (QED) is 0.0954. The van der Waals surface area contributed by atoms with Crippen LogP contribution in [0.4, 0.5) is 9.52 Å². The maximum Gasteiger partial charge on any atom is 0.353 e. The summed E-state index contributed by atoms with van der Waals surface area (Å²) in [4.78, 5) is 80.8. The molecule has 1 fully saturated rings. The van der Waals surface area contributed by atoms with E-state index >= 15 is 0 Å². The number of nitrogens with one attached hydrogen (secondary N) is 3. The molecule has 0 radical (unpaired) electrons. The highest BCUT2D eigenvalue weighted by Crippen LogP contribution is 2.44. The SMILES string of the molecule is Nc1nc(/C(=N\OCCF)C(=O)N[C@@H]2C(=O)N3C(C(=O)O)=C(Sc4nc5c(=O)[nH]c(=O)[nH]c5s4)CC[C@H]23)cs1. The zero-order valence-electron chi connectivity index (χ0n) is 19.4. The van der Waals surface area contributed by atoms with Crippen molar-refractivity contribution in [2.24, 2.45) is 5.16 Å². The number of aromatic nitrogens is 4. The van der Waals surface area contributed by atoms with Gasteiger partial charge in [0, 0.05) is 10.3 Å². The van der Waals surface area contributed by atoms with E-state index in [1.165, 1.54) is 5.38 Å². The molecule has 0 spiro atoms. The molecule has 0 bridgehead atoms. The van der Waals surface area contributed by atoms with Crippen LogP contribution in [0.15, 0.2) is 35.1 Å². The van der Waals surface area contributed by atoms with E-state index in [0.29, 0.717) is 15.7 Å². The number of thiazole rings is 2. The van der Waals surface area contributed by atoms with Gasteiger partial charge >= 0.3 is 11.7 Å². The van der Waals surface area contributed by atoms with Crippen LogP contribution in [0.1, 0.15) is 18.5 Å². The molecule has 0 unspecified atom stereocenters. The summed E-state index contributed by atoms with van der Waals surface area (Å²) in [7, 11) is 0. The van der Waals surface area contributed by atoms with Gasteiger partial charge in [-0.2, -0.15) is 0 Å². The van der Waals surface area contributed by atoms with Gasteiger partial charge in [-0.15, -0.1) is 11.3 Å². The Morgan fingerprint density at radius 2 is 2.13 bits per heavy atom. The first kappa shape index (κ1) is 26.5. The number of H-pyrrole nitrogens is 2. The van der Waals surface area contributed by atoms with E-state index in [-0.39, 0.29) is 39.0 Å². The second-order valence-electron chi connectivity index (χ2n) is 8.04. The Morgan fingerprint density at radius 3 is 2.82 bits per heavy atom. The highest BCUT2D eigenvalue weighted by molar-refractivity contribution is 8.04. The average molecular weight is 597 g/mol. The maximum atomic E-state index is 13.0. The number of thioether (sulfide) groups is 1. The molecule has 2 aliphatic heterocycles. The summed E-state index contributed by atoms with van der Waals surface area (Å²) in [6, 6.07) is -1.70. The summed E-state index contributed by atoms with van der Waals surface area (Å²) < 4.78 is 12.8. The molecule has 0 aromatic carbocycles. The summed E-state index contributed by atoms with van der Waals surface area (Å²) >= 11 is 3.02. The van der Waals surface area contributed by atoms with Gasteiger partial charge in [0.1, 0.15) is 35.5 Å². The standard InChI is InChI=1S/C20H17FN8O7S3/c21-3-4-36-28-9(6-5-37-18(22)23-6)13(30)24-10-7-1-2-8(12(17(33)34)29(7)16(10)32)38-20-25-11-14(31)26-19(35)27-15(11)39-20/h5,7,10H,1-4H2,(H2,22,23)(H,24,30)(H,33,34)(H2,26,27,31,35)/b28-9+/t7-,10+/m1/s1. The molecule has 2 atom stereocenters. The molecule has 1 saturated heterocycles. The van der Waals surface area contributed by atoms with Gasteiger partial charge in [-0.25, -0.2) is 23.9 Å². The smallest absolute Gasteiger partial charge is 0.353 e. The summed E-state index contributed by atoms with van der Waals surface area (Å²) in [5.41, 5.74) is 3.75. The van der Waals surface area contributed by atoms with Crippen molar-refractivity contribution in [1.29, 1.82) is 0 Å². The van der Waals surface area contributed by atoms with Crippen molar-refractivity contribution >= 4 is 73.4 Å². The van der Waals surface area contributed by atoms with E-state index in [0.717, 1.165) is 39.3 Å². The molecule has 2 amide bonds. The Morgan fingerprint density at radius 1 is 1.33 bits per heavy atom. The summed E-state index contributed by atoms with van der Waals surface area (Å²) in [5, 5.41) is 17.7. The number of aliphatic carboxylic acids is 1. The van der Waals surface area contributed by atoms with E-state index in [1.54, 1.807) is 0 Å². The minimum absolute atomic E-state index is 0.00546. The number of aromatic amines is 2. The molecule has 3 aromatic heterocycles. The molecule has 2 aliphatic rings. The van der Waals surface area contributed by atoms with E-state index in [9.17, 15) is 33.5 Å². The predicted octanol–water partition coefficient (Wildman–Crippen LogP) is -0.0203. The second-order valence-corrected chi connectivity index (χ2v) is 11.3. The third-order valence-corrected chi connectivity index (χ3v) is 8.52. The lowest BCUT2D eigenvalue weighted by Crippen LogP contribution is -2.72. The molecule has 3 aromatic rings. The number of carboxylic acids is 1. The molecule has 19 heteroatoms. The molecule has 0 aliphatic carbocycles. The number of carboxylic acid groups (broad SMARTS) is 1. The molecule has 15 nitrogen and oxygen atoms in total. The number of nitrogens with two attached hydrogens (primary N) is 1. The number of hydrogen-bond donors (Lipinski definition) is 5. The number of fused-ring (bicyclic) bond motifs is 2. The van der Waals surface area contributed by atoms with Gasteiger partial charge in [-0.1, -0.05) is 28.3 Å². The van der Waals surface area contributed by atoms with Gasteiger partial charge in [0.15, 0.2) is 20.7 Å². The zero-order chi connectivity index (χ0) is 27.8. The second kappa shape index (κ2) is 10.6. The molecule has 39 heavy (non-hydrogen) atoms. The largest absolute Gasteiger partial charge is 0.477 e. The Labute approximate surface area is 228 Å². The van der Waals surface area contributed by atoms with Crippen molar-refractivity contribution < 1.29 is 28.7 Å². The number of nitrogen functional groups attached to an aromatic ring is 1. The van der Waals surface area contributed by atoms with Crippen LogP contribution in [0.5, 0.6) is 0 Å². The molecular formula is C20H17FN8O7S3. The van der Waals surface area contributed by atoms with Crippen LogP contribution in [-0.2, 0) is 19.2 Å². The van der Waals surface area contributed by atoms with Gasteiger partial charge < -0.3 is 21.0 Å². The van der Waals surface area contributed by atoms with E-state index < -0.39 is 54.4 Å². The van der Waals surface area contributed by atoms with Gasteiger partial charge in [-0.05, 0) is 12.8 Å². The summed E-state index contributed by atoms with van der Waals surface area (Å²) in [6.07, 6.45) is 0.547. The van der Waals surface area contributed by atoms with Crippen LogP contribution >= 0.6 is 34.4 Å². The third-order valence-electron chi connectivity index (χ3n) is 5.67. The fourth-order valence-corrected chi connectivity index (χ4v) is 6.87. The number of carbonyl (C=O) groups excluding carboxylic acids is 2. The fourth-order valence-electron chi connectivity index (χ4n) is 4.07. The number of halogens is 1. The number of hydrogen-bond acceptors (Lipinski definition) is 13. The lowest BCUT2D eigenvalue weighted by molar-refractivity contribution is -0.155. The molecule has 5 heterocycles. The molecule has 0 saturated carbocycles. The predicted molar refractivity (Wildman–Crippen MR) is 138 cm³/mol. The summed E-state index contributed by atoms with van der Waals surface area (Å²) in [5.74, 6) is -2.84. The van der Waals surface area contributed by atoms with E-state index in [1.807, 2.05) is 0 Å². The fraction of sp³-hybridized carbons (Fsp3) is 0.300. The number of anilines is 1. The molecule has 6 N–H and O–H groups in total. The van der Waals surface area contributed by atoms with E-state index in [4.69, 9.17) is 10.6 Å². The Balaban J connectivity index is 1.37. The van der Waals surface area contributed by atoms with Crippen LogP contribution < -0.4 is 22.3 Å². The minimum Gasteiger partial charge on any atom is -0.477 e. The highest BCUT2D eigenvalue weighted by atomic mass is 32.2. The number of oxime groups is 1. The lowest BCUT2D eigenvalue weighted by atomic mass is 9.86. The lowest BCUT2D eigenvalue weighted by Gasteiger charge is -2.49. The number of rotatable bonds is 9. The minimum atomic E-state index is -1.35. The van der Waals surface area contributed by atoms with Crippen LogP contribution in [-0.4, -0.2) is 78.8 Å². The van der Waals surface area contributed by atoms with Crippen LogP contribution in [0.2, 0.25) is 0 Å². The van der Waals surface area contributed by atoms with Crippen molar-refractivity contribution in [3.63, 3.8) is 0 Å². The topological polar surface area (TPSA) is 226 Å². The molecule has 5 rings (SSSR count). The number of alkyl halides is 1. The first-order chi connectivity index (χ1) is 18.7. The monoisotopic (exact) mass is 596 g/mol. The van der Waals surface area contributed by atoms with Gasteiger partial charge in [0.25, 0.3) is 17.4 Å². The molecule has 204 valence electrons. The first-order valence-corrected chi connectivity index (χ1v) is 13.6. The van der Waals surface area contributed by atoms with Crippen LogP contribution in [0.3, 0.4) is 0 Å². The highest BCUT2D eigenvalue weighted by Gasteiger charge is 2.54. The Bertz CT molecular complexity index is 1670. The van der Waals surface area contributed by atoms with Crippen molar-refractivity contribution in [2.75, 3.05) is 19.0 Å². The Kier molecular flexibility index (Phi) is 7.19. The number of amides is 2. The van der Waals surface area contributed by atoms with E-state index in [2.05, 4.69) is 30.4 Å². The van der Waals surface area contributed by atoms with Crippen molar-refractivity contribution in [1.82, 2.24) is 30.2 Å². The van der Waals surface area contributed by atoms with Crippen molar-refractivity contribution in [2.45, 2.75) is 29.3 Å². The normalized spacial score (nSPS) is 19.2. The summed E-state index contributed by atoms with van der Waals surface area (Å²) in [6.45, 7) is -1.24. The molecular weight excluding hydrogens is 579 g/mol. The zero-order valence-corrected chi connectivity index (χ0v) is 21.9. The Hall–Kier alpha value is -4.10. The van der Waals surface area contributed by atoms with Crippen LogP contribution in [0.25, 0.3) is 10.3 Å². The van der Waals surface area contributed by atoms with Crippen molar-refractivity contribution in [3.8, 4) is 0 Å².